The van der Waals surface area contributed by atoms with Crippen molar-refractivity contribution in [2.75, 3.05) is 26.2 Å². The molecule has 0 atom stereocenters. The van der Waals surface area contributed by atoms with Gasteiger partial charge in [-0.1, -0.05) is 53.4 Å². The molecule has 0 fully saturated rings. The van der Waals surface area contributed by atoms with Crippen molar-refractivity contribution in [2.45, 2.75) is 53.4 Å². The third kappa shape index (κ3) is 31.3. The molecule has 0 radical (unpaired) electrons. The van der Waals surface area contributed by atoms with E-state index in [1.165, 1.54) is 25.7 Å². The van der Waals surface area contributed by atoms with Gasteiger partial charge in [-0.3, -0.25) is 0 Å². The van der Waals surface area contributed by atoms with Gasteiger partial charge in [0, 0.05) is 0 Å². The normalized spacial score (nSPS) is 8.80. The molecule has 0 spiro atoms. The zero-order valence-corrected chi connectivity index (χ0v) is 13.5. The van der Waals surface area contributed by atoms with E-state index in [2.05, 4.69) is 38.3 Å². The minimum atomic E-state index is 0. The van der Waals surface area contributed by atoms with E-state index in [9.17, 15) is 0 Å². The monoisotopic (exact) mass is 240 g/mol. The van der Waals surface area contributed by atoms with Crippen LogP contribution >= 0.6 is 0 Å². The van der Waals surface area contributed by atoms with Crippen molar-refractivity contribution >= 4 is 37.7 Å². The fraction of sp³-hybridized carbons (Fsp3) is 1.00. The average Bonchev–Trinajstić information content (AvgIpc) is 2.21. The number of hydrogen-bond acceptors (Lipinski definition) is 0. The largest absolute Gasteiger partial charge is 2.00 e. The van der Waals surface area contributed by atoms with Crippen LogP contribution < -0.4 is 0 Å². The Morgan fingerprint density at radius 3 is 0.867 bits per heavy atom. The molecule has 0 rings (SSSR count). The predicted octanol–water partition coefficient (Wildman–Crippen LogP) is 3.98. The van der Waals surface area contributed by atoms with Crippen molar-refractivity contribution in [3.63, 3.8) is 0 Å². The summed E-state index contributed by atoms with van der Waals surface area (Å²) in [5.74, 6) is 0. The standard InChI is InChI=1S/2C6H14N.Ca/c2*1-3-5-7-6-4-2;/h2*3-6H2,1-2H3;/q2*-1;+2. The van der Waals surface area contributed by atoms with Crippen LogP contribution in [0.2, 0.25) is 0 Å². The average molecular weight is 240 g/mol. The first-order chi connectivity index (χ1) is 6.83. The molecule has 15 heavy (non-hydrogen) atoms. The van der Waals surface area contributed by atoms with E-state index in [4.69, 9.17) is 0 Å². The molecule has 0 aromatic rings. The van der Waals surface area contributed by atoms with Crippen LogP contribution in [0, 0.1) is 0 Å². The van der Waals surface area contributed by atoms with Crippen molar-refractivity contribution in [3.05, 3.63) is 10.6 Å². The molecule has 0 unspecified atom stereocenters. The molecule has 0 bridgehead atoms. The van der Waals surface area contributed by atoms with Gasteiger partial charge < -0.3 is 10.6 Å². The van der Waals surface area contributed by atoms with Crippen molar-refractivity contribution in [1.82, 2.24) is 0 Å². The molecule has 3 heteroatoms. The third-order valence-electron chi connectivity index (χ3n) is 1.53. The van der Waals surface area contributed by atoms with Gasteiger partial charge in [0.2, 0.25) is 0 Å². The molecule has 0 aromatic carbocycles. The van der Waals surface area contributed by atoms with E-state index < -0.39 is 0 Å². The summed E-state index contributed by atoms with van der Waals surface area (Å²) in [7, 11) is 0. The van der Waals surface area contributed by atoms with Gasteiger partial charge in [-0.05, 0) is 0 Å². The van der Waals surface area contributed by atoms with E-state index in [0.29, 0.717) is 0 Å². The predicted molar refractivity (Wildman–Crippen MR) is 73.1 cm³/mol. The molecule has 0 saturated heterocycles. The molecule has 0 N–H and O–H groups in total. The summed E-state index contributed by atoms with van der Waals surface area (Å²) in [5.41, 5.74) is 0. The van der Waals surface area contributed by atoms with Crippen LogP contribution in [-0.4, -0.2) is 63.9 Å². The second-order valence-corrected chi connectivity index (χ2v) is 3.34. The van der Waals surface area contributed by atoms with Gasteiger partial charge in [0.1, 0.15) is 0 Å². The molecule has 0 saturated carbocycles. The number of nitrogens with zero attached hydrogens (tertiary/aromatic N) is 2. The van der Waals surface area contributed by atoms with E-state index in [0.717, 1.165) is 26.2 Å². The molecule has 88 valence electrons. The number of rotatable bonds is 8. The van der Waals surface area contributed by atoms with Gasteiger partial charge in [0.15, 0.2) is 0 Å². The third-order valence-corrected chi connectivity index (χ3v) is 1.53. The van der Waals surface area contributed by atoms with Gasteiger partial charge in [-0.15, -0.1) is 26.2 Å². The Labute approximate surface area is 127 Å². The van der Waals surface area contributed by atoms with Crippen molar-refractivity contribution in [2.24, 2.45) is 0 Å². The van der Waals surface area contributed by atoms with Crippen molar-refractivity contribution in [3.8, 4) is 0 Å². The van der Waals surface area contributed by atoms with Crippen LogP contribution in [-0.2, 0) is 0 Å². The second kappa shape index (κ2) is 24.4. The molecule has 0 aromatic heterocycles. The molecule has 0 aliphatic rings. The zero-order chi connectivity index (χ0) is 11.1. The van der Waals surface area contributed by atoms with Crippen LogP contribution in [0.15, 0.2) is 0 Å². The summed E-state index contributed by atoms with van der Waals surface area (Å²) in [4.78, 5) is 0. The van der Waals surface area contributed by atoms with E-state index in [1.807, 2.05) is 0 Å². The SMILES string of the molecule is CCC[N-]CCC.CCC[N-]CCC.[Ca+2]. The Morgan fingerprint density at radius 1 is 0.533 bits per heavy atom. The van der Waals surface area contributed by atoms with Crippen LogP contribution in [0.25, 0.3) is 10.6 Å². The molecule has 0 aliphatic carbocycles. The summed E-state index contributed by atoms with van der Waals surface area (Å²) in [6, 6.07) is 0. The Balaban J connectivity index is -0.000000180. The van der Waals surface area contributed by atoms with Crippen LogP contribution in [0.3, 0.4) is 0 Å². The first-order valence-electron chi connectivity index (χ1n) is 6.09. The van der Waals surface area contributed by atoms with Gasteiger partial charge in [-0.2, -0.15) is 0 Å². The fourth-order valence-corrected chi connectivity index (χ4v) is 0.856. The number of hydrogen-bond donors (Lipinski definition) is 0. The molecule has 0 amide bonds. The second-order valence-electron chi connectivity index (χ2n) is 3.34. The van der Waals surface area contributed by atoms with Gasteiger partial charge in [0.05, 0.1) is 0 Å². The van der Waals surface area contributed by atoms with Crippen molar-refractivity contribution < 1.29 is 0 Å². The molecule has 0 heterocycles. The minimum Gasteiger partial charge on any atom is -0.662 e. The first-order valence-corrected chi connectivity index (χ1v) is 6.09. The van der Waals surface area contributed by atoms with Crippen LogP contribution in [0.4, 0.5) is 0 Å². The smallest absolute Gasteiger partial charge is 0.662 e. The molecular weight excluding hydrogens is 212 g/mol. The van der Waals surface area contributed by atoms with Crippen LogP contribution in [0.1, 0.15) is 53.4 Å². The molecular formula is C12H28CaN2. The van der Waals surface area contributed by atoms with Gasteiger partial charge in [0.25, 0.3) is 0 Å². The minimum absolute atomic E-state index is 0. The summed E-state index contributed by atoms with van der Waals surface area (Å²) in [6.45, 7) is 12.8. The van der Waals surface area contributed by atoms with Crippen molar-refractivity contribution in [1.29, 1.82) is 0 Å². The van der Waals surface area contributed by atoms with Gasteiger partial charge >= 0.3 is 37.7 Å². The maximum atomic E-state index is 4.21. The quantitative estimate of drug-likeness (QED) is 0.453. The Kier molecular flexibility index (Phi) is 34.9. The molecule has 0 aliphatic heterocycles. The Bertz CT molecular complexity index is 62.0. The van der Waals surface area contributed by atoms with E-state index >= 15 is 0 Å². The zero-order valence-electron chi connectivity index (χ0n) is 11.3. The summed E-state index contributed by atoms with van der Waals surface area (Å²) < 4.78 is 0. The Morgan fingerprint density at radius 2 is 0.733 bits per heavy atom. The topological polar surface area (TPSA) is 28.2 Å². The van der Waals surface area contributed by atoms with Gasteiger partial charge in [-0.25, -0.2) is 0 Å². The first kappa shape index (κ1) is 21.5. The Hall–Kier alpha value is 1.18. The van der Waals surface area contributed by atoms with E-state index in [-0.39, 0.29) is 37.7 Å². The van der Waals surface area contributed by atoms with E-state index in [1.54, 1.807) is 0 Å². The summed E-state index contributed by atoms with van der Waals surface area (Å²) in [5, 5.41) is 8.42. The summed E-state index contributed by atoms with van der Waals surface area (Å²) >= 11 is 0. The maximum Gasteiger partial charge on any atom is 2.00 e. The van der Waals surface area contributed by atoms with Crippen LogP contribution in [0.5, 0.6) is 0 Å². The summed E-state index contributed by atoms with van der Waals surface area (Å²) in [6.07, 6.45) is 4.78. The molecule has 2 nitrogen and oxygen atoms in total. The fourth-order valence-electron chi connectivity index (χ4n) is 0.856. The maximum absolute atomic E-state index is 4.21.